The molecule has 4 aromatic rings. The van der Waals surface area contributed by atoms with E-state index in [0.717, 1.165) is 77.0 Å². The van der Waals surface area contributed by atoms with Crippen LogP contribution in [0, 0.1) is 0 Å². The number of aromatic nitrogens is 1. The van der Waals surface area contributed by atoms with Gasteiger partial charge in [0.2, 0.25) is 0 Å². The summed E-state index contributed by atoms with van der Waals surface area (Å²) in [5.41, 5.74) is 8.84. The molecular weight excluding hydrogens is 599 g/mol. The number of thioether (sulfide) groups is 1. The number of benzene rings is 3. The fraction of sp³-hybridized carbons (Fsp3) is 0.417. The summed E-state index contributed by atoms with van der Waals surface area (Å²) in [6.07, 6.45) is 8.47. The first-order valence-corrected chi connectivity index (χ1v) is 17.9. The van der Waals surface area contributed by atoms with Crippen molar-refractivity contribution in [1.82, 2.24) is 20.5 Å². The van der Waals surface area contributed by atoms with Gasteiger partial charge in [0.25, 0.3) is 0 Å². The van der Waals surface area contributed by atoms with Crippen LogP contribution in [0.4, 0.5) is 9.59 Å². The summed E-state index contributed by atoms with van der Waals surface area (Å²) in [7, 11) is 0. The molecule has 3 aromatic carbocycles. The third kappa shape index (κ3) is 9.47. The number of fused-ring (bicyclic) bond motifs is 1. The van der Waals surface area contributed by atoms with Gasteiger partial charge in [0.05, 0.1) is 21.0 Å². The van der Waals surface area contributed by atoms with Crippen LogP contribution < -0.4 is 16.4 Å². The average Bonchev–Trinajstić information content (AvgIpc) is 3.47. The zero-order valence-corrected chi connectivity index (χ0v) is 28.2. The molecule has 0 aliphatic carbocycles. The molecule has 1 aromatic heterocycles. The van der Waals surface area contributed by atoms with Crippen LogP contribution in [0.3, 0.4) is 0 Å². The van der Waals surface area contributed by atoms with E-state index in [1.54, 1.807) is 23.1 Å². The fourth-order valence-corrected chi connectivity index (χ4v) is 8.42. The lowest BCUT2D eigenvalue weighted by atomic mass is 9.83. The van der Waals surface area contributed by atoms with Gasteiger partial charge >= 0.3 is 12.1 Å². The number of hydrogen-bond donors (Lipinski definition) is 3. The minimum Gasteiger partial charge on any atom is -0.352 e. The topological polar surface area (TPSA) is 100 Å². The summed E-state index contributed by atoms with van der Waals surface area (Å²) in [6.45, 7) is 5.85. The van der Waals surface area contributed by atoms with Crippen LogP contribution in [-0.2, 0) is 4.75 Å². The highest BCUT2D eigenvalue weighted by Gasteiger charge is 2.46. The number of unbranched alkanes of at least 4 members (excludes halogenated alkanes) is 6. The van der Waals surface area contributed by atoms with Gasteiger partial charge in [-0.05, 0) is 36.1 Å². The largest absolute Gasteiger partial charge is 0.352 e. The minimum atomic E-state index is -0.853. The number of urea groups is 2. The molecule has 240 valence electrons. The van der Waals surface area contributed by atoms with Crippen molar-refractivity contribution in [2.75, 3.05) is 19.6 Å². The molecule has 45 heavy (non-hydrogen) atoms. The Morgan fingerprint density at radius 1 is 0.844 bits per heavy atom. The van der Waals surface area contributed by atoms with Crippen LogP contribution in [0.1, 0.15) is 76.3 Å². The molecule has 1 heterocycles. The minimum absolute atomic E-state index is 0.112. The van der Waals surface area contributed by atoms with Gasteiger partial charge in [-0.2, -0.15) is 0 Å². The third-order valence-corrected chi connectivity index (χ3v) is 10.7. The Morgan fingerprint density at radius 2 is 1.44 bits per heavy atom. The summed E-state index contributed by atoms with van der Waals surface area (Å²) >= 11 is 3.24. The maximum atomic E-state index is 13.8. The maximum Gasteiger partial charge on any atom is 0.317 e. The SMILES string of the molecule is CCCCCCNC(=O)N(CCCCCC)CC(NC(N)=O)C(Sc1nc2ccccc2s1)(c1ccccc1)c1ccccc1. The Balaban J connectivity index is 1.80. The van der Waals surface area contributed by atoms with E-state index in [9.17, 15) is 9.59 Å². The lowest BCUT2D eigenvalue weighted by molar-refractivity contribution is 0.184. The highest BCUT2D eigenvalue weighted by Crippen LogP contribution is 2.51. The standard InChI is InChI=1S/C36H47N5O2S2/c1-3-5-7-17-25-38-34(43)41(26-18-8-6-4-2)27-32(40-33(37)42)36(28-19-11-9-12-20-28,29-21-13-10-14-22-29)45-35-39-30-23-15-16-24-31(30)44-35/h9-16,19-24,32H,3-8,17-18,25-27H2,1-2H3,(H,38,43)(H3,37,40,42). The molecule has 0 saturated carbocycles. The summed E-state index contributed by atoms with van der Waals surface area (Å²) in [6, 6.07) is 27.2. The van der Waals surface area contributed by atoms with E-state index < -0.39 is 16.8 Å². The van der Waals surface area contributed by atoms with E-state index in [2.05, 4.69) is 54.8 Å². The number of nitrogens with one attached hydrogen (secondary N) is 2. The molecule has 9 heteroatoms. The van der Waals surface area contributed by atoms with Crippen molar-refractivity contribution >= 4 is 45.4 Å². The van der Waals surface area contributed by atoms with Crippen molar-refractivity contribution in [3.8, 4) is 0 Å². The van der Waals surface area contributed by atoms with Crippen LogP contribution in [0.5, 0.6) is 0 Å². The highest BCUT2D eigenvalue weighted by atomic mass is 32.2. The lowest BCUT2D eigenvalue weighted by Gasteiger charge is -2.43. The molecule has 0 spiro atoms. The normalized spacial score (nSPS) is 12.1. The van der Waals surface area contributed by atoms with Gasteiger partial charge < -0.3 is 21.3 Å². The van der Waals surface area contributed by atoms with E-state index in [-0.39, 0.29) is 12.6 Å². The molecule has 0 radical (unpaired) electrons. The Hall–Kier alpha value is -3.56. The monoisotopic (exact) mass is 645 g/mol. The van der Waals surface area contributed by atoms with Crippen LogP contribution in [0.25, 0.3) is 10.2 Å². The van der Waals surface area contributed by atoms with Gasteiger partial charge in [0, 0.05) is 19.6 Å². The first-order chi connectivity index (χ1) is 22.0. The Kier molecular flexibility index (Phi) is 13.6. The van der Waals surface area contributed by atoms with Gasteiger partial charge in [-0.1, -0.05) is 137 Å². The number of carbonyl (C=O) groups excluding carboxylic acids is 2. The highest BCUT2D eigenvalue weighted by molar-refractivity contribution is 8.02. The molecule has 0 saturated heterocycles. The van der Waals surface area contributed by atoms with Crippen LogP contribution in [0.2, 0.25) is 0 Å². The number of carbonyl (C=O) groups is 2. The number of amides is 4. The molecule has 4 rings (SSSR count). The maximum absolute atomic E-state index is 13.8. The number of nitrogens with two attached hydrogens (primary N) is 1. The van der Waals surface area contributed by atoms with Crippen LogP contribution >= 0.6 is 23.1 Å². The molecule has 1 atom stereocenters. The van der Waals surface area contributed by atoms with E-state index >= 15 is 0 Å². The first kappa shape index (κ1) is 34.3. The molecule has 0 aliphatic heterocycles. The average molecular weight is 646 g/mol. The first-order valence-electron chi connectivity index (χ1n) is 16.2. The van der Waals surface area contributed by atoms with Crippen LogP contribution in [-0.4, -0.2) is 47.6 Å². The predicted molar refractivity (Wildman–Crippen MR) is 189 cm³/mol. The quantitative estimate of drug-likeness (QED) is 0.0746. The van der Waals surface area contributed by atoms with Crippen molar-refractivity contribution in [2.45, 2.75) is 80.3 Å². The number of para-hydroxylation sites is 1. The predicted octanol–water partition coefficient (Wildman–Crippen LogP) is 8.54. The van der Waals surface area contributed by atoms with Gasteiger partial charge in [-0.15, -0.1) is 11.3 Å². The van der Waals surface area contributed by atoms with Crippen molar-refractivity contribution in [1.29, 1.82) is 0 Å². The Labute approximate surface area is 276 Å². The molecule has 0 fully saturated rings. The molecule has 0 bridgehead atoms. The Morgan fingerprint density at radius 3 is 2.04 bits per heavy atom. The van der Waals surface area contributed by atoms with Gasteiger partial charge in [-0.3, -0.25) is 0 Å². The van der Waals surface area contributed by atoms with Gasteiger partial charge in [0.15, 0.2) is 4.34 Å². The molecule has 1 unspecified atom stereocenters. The van der Waals surface area contributed by atoms with E-state index in [4.69, 9.17) is 10.7 Å². The van der Waals surface area contributed by atoms with Crippen molar-refractivity contribution in [3.05, 3.63) is 96.1 Å². The van der Waals surface area contributed by atoms with Crippen LogP contribution in [0.15, 0.2) is 89.3 Å². The zero-order chi connectivity index (χ0) is 31.9. The molecular formula is C36H47N5O2S2. The number of hydrogen-bond acceptors (Lipinski definition) is 5. The smallest absolute Gasteiger partial charge is 0.317 e. The summed E-state index contributed by atoms with van der Waals surface area (Å²) in [5, 5.41) is 6.28. The second-order valence-electron chi connectivity index (χ2n) is 11.4. The van der Waals surface area contributed by atoms with E-state index in [1.807, 2.05) is 59.5 Å². The van der Waals surface area contributed by atoms with Crippen molar-refractivity contribution in [3.63, 3.8) is 0 Å². The number of primary amides is 1. The van der Waals surface area contributed by atoms with Gasteiger partial charge in [0.1, 0.15) is 0 Å². The summed E-state index contributed by atoms with van der Waals surface area (Å²) < 4.78 is 1.11. The summed E-state index contributed by atoms with van der Waals surface area (Å²) in [5.74, 6) is 0. The second kappa shape index (κ2) is 17.8. The number of rotatable bonds is 18. The molecule has 0 aliphatic rings. The fourth-order valence-electron chi connectivity index (χ4n) is 5.69. The molecule has 4 amide bonds. The van der Waals surface area contributed by atoms with E-state index in [0.29, 0.717) is 13.1 Å². The lowest BCUT2D eigenvalue weighted by Crippen LogP contribution is -2.58. The zero-order valence-electron chi connectivity index (χ0n) is 26.5. The molecule has 4 N–H and O–H groups in total. The Bertz CT molecular complexity index is 1390. The van der Waals surface area contributed by atoms with Gasteiger partial charge in [-0.25, -0.2) is 14.6 Å². The third-order valence-electron chi connectivity index (χ3n) is 8.01. The van der Waals surface area contributed by atoms with Crippen molar-refractivity contribution < 1.29 is 9.59 Å². The summed E-state index contributed by atoms with van der Waals surface area (Å²) in [4.78, 5) is 33.5. The second-order valence-corrected chi connectivity index (χ2v) is 13.9. The van der Waals surface area contributed by atoms with E-state index in [1.165, 1.54) is 0 Å². The van der Waals surface area contributed by atoms with Crippen molar-refractivity contribution in [2.24, 2.45) is 5.73 Å². The number of thiazole rings is 1. The molecule has 7 nitrogen and oxygen atoms in total. The number of nitrogens with zero attached hydrogens (tertiary/aromatic N) is 2.